The second-order valence-corrected chi connectivity index (χ2v) is 5.94. The molecule has 0 saturated carbocycles. The minimum absolute atomic E-state index is 0.329. The van der Waals surface area contributed by atoms with Gasteiger partial charge in [0.2, 0.25) is 0 Å². The first-order chi connectivity index (χ1) is 12.5. The van der Waals surface area contributed by atoms with Gasteiger partial charge in [-0.3, -0.25) is 4.98 Å². The van der Waals surface area contributed by atoms with Crippen molar-refractivity contribution in [2.24, 2.45) is 0 Å². The summed E-state index contributed by atoms with van der Waals surface area (Å²) in [7, 11) is 0. The van der Waals surface area contributed by atoms with Crippen LogP contribution in [0.5, 0.6) is 0 Å². The molecule has 0 amide bonds. The summed E-state index contributed by atoms with van der Waals surface area (Å²) in [5.41, 5.74) is 9.77. The highest BCUT2D eigenvalue weighted by molar-refractivity contribution is 5.96. The zero-order valence-electron chi connectivity index (χ0n) is 13.9. The third kappa shape index (κ3) is 2.65. The molecular weight excluding hydrogens is 334 g/mol. The molecule has 0 atom stereocenters. The van der Waals surface area contributed by atoms with Gasteiger partial charge >= 0.3 is 0 Å². The van der Waals surface area contributed by atoms with Gasteiger partial charge in [0.1, 0.15) is 5.82 Å². The summed E-state index contributed by atoms with van der Waals surface area (Å²) in [6, 6.07) is 11.1. The van der Waals surface area contributed by atoms with Gasteiger partial charge in [-0.05, 0) is 53.9 Å². The molecule has 4 rings (SSSR count). The number of halogens is 2. The molecule has 4 aromatic rings. The van der Waals surface area contributed by atoms with Gasteiger partial charge in [0.25, 0.3) is 0 Å². The van der Waals surface area contributed by atoms with Gasteiger partial charge < -0.3 is 5.73 Å². The number of hydrogen-bond acceptors (Lipinski definition) is 4. The number of fused-ring (bicyclic) bond motifs is 1. The third-order valence-electron chi connectivity index (χ3n) is 4.30. The first kappa shape index (κ1) is 16.1. The highest BCUT2D eigenvalue weighted by Gasteiger charge is 2.14. The van der Waals surface area contributed by atoms with Crippen molar-refractivity contribution >= 4 is 16.7 Å². The number of nitrogens with two attached hydrogens (primary N) is 1. The first-order valence-corrected chi connectivity index (χ1v) is 7.97. The van der Waals surface area contributed by atoms with Crippen LogP contribution < -0.4 is 5.73 Å². The average molecular weight is 348 g/mol. The fraction of sp³-hybridized carbons (Fsp3) is 0.0500. The van der Waals surface area contributed by atoms with Crippen molar-refractivity contribution in [3.05, 3.63) is 72.1 Å². The maximum absolute atomic E-state index is 13.6. The van der Waals surface area contributed by atoms with Gasteiger partial charge in [-0.1, -0.05) is 12.1 Å². The molecule has 128 valence electrons. The van der Waals surface area contributed by atoms with Gasteiger partial charge in [-0.2, -0.15) is 0 Å². The fourth-order valence-electron chi connectivity index (χ4n) is 3.02. The summed E-state index contributed by atoms with van der Waals surface area (Å²) in [5, 5.41) is 0.694. The third-order valence-corrected chi connectivity index (χ3v) is 4.30. The van der Waals surface area contributed by atoms with Crippen LogP contribution in [-0.4, -0.2) is 15.0 Å². The van der Waals surface area contributed by atoms with Gasteiger partial charge in [0.05, 0.1) is 5.52 Å². The minimum Gasteiger partial charge on any atom is -0.383 e. The summed E-state index contributed by atoms with van der Waals surface area (Å²) in [5.74, 6) is -0.951. The van der Waals surface area contributed by atoms with Crippen LogP contribution in [0.1, 0.15) is 5.56 Å². The normalized spacial score (nSPS) is 11.0. The van der Waals surface area contributed by atoms with Crippen molar-refractivity contribution < 1.29 is 8.78 Å². The van der Waals surface area contributed by atoms with E-state index in [2.05, 4.69) is 15.0 Å². The van der Waals surface area contributed by atoms with E-state index in [1.165, 1.54) is 12.1 Å². The number of nitrogen functional groups attached to an aromatic ring is 1. The zero-order chi connectivity index (χ0) is 18.3. The predicted molar refractivity (Wildman–Crippen MR) is 97.3 cm³/mol. The highest BCUT2D eigenvalue weighted by atomic mass is 19.2. The van der Waals surface area contributed by atoms with Crippen LogP contribution in [0.2, 0.25) is 0 Å². The molecule has 0 aliphatic heterocycles. The Hall–Kier alpha value is -3.41. The standard InChI is InChI=1S/C20H14F2N4/c1-11-14(12-4-6-15(21)16(22)9-12)5-7-17-18(11)19(23)26-20(25-17)13-3-2-8-24-10-13/h2-10H,1H3,(H2,23,25,26). The van der Waals surface area contributed by atoms with Crippen LogP contribution in [0.25, 0.3) is 33.4 Å². The maximum atomic E-state index is 13.6. The number of anilines is 1. The Morgan fingerprint density at radius 3 is 2.50 bits per heavy atom. The zero-order valence-corrected chi connectivity index (χ0v) is 13.9. The molecule has 0 bridgehead atoms. The average Bonchev–Trinajstić information content (AvgIpc) is 2.65. The lowest BCUT2D eigenvalue weighted by atomic mass is 9.97. The number of rotatable bonds is 2. The topological polar surface area (TPSA) is 64.7 Å². The lowest BCUT2D eigenvalue weighted by Gasteiger charge is -2.12. The lowest BCUT2D eigenvalue weighted by Crippen LogP contribution is -2.00. The molecule has 0 spiro atoms. The second kappa shape index (κ2) is 6.15. The smallest absolute Gasteiger partial charge is 0.163 e. The number of hydrogen-bond donors (Lipinski definition) is 1. The van der Waals surface area contributed by atoms with Crippen molar-refractivity contribution in [1.82, 2.24) is 15.0 Å². The monoisotopic (exact) mass is 348 g/mol. The van der Waals surface area contributed by atoms with Crippen molar-refractivity contribution in [1.29, 1.82) is 0 Å². The van der Waals surface area contributed by atoms with Crippen LogP contribution in [0.3, 0.4) is 0 Å². The maximum Gasteiger partial charge on any atom is 0.163 e. The molecule has 2 aromatic heterocycles. The molecule has 0 saturated heterocycles. The molecule has 2 aromatic carbocycles. The SMILES string of the molecule is Cc1c(-c2ccc(F)c(F)c2)ccc2nc(-c3cccnc3)nc(N)c12. The number of benzene rings is 2. The van der Waals surface area contributed by atoms with E-state index in [-0.39, 0.29) is 0 Å². The highest BCUT2D eigenvalue weighted by Crippen LogP contribution is 2.33. The lowest BCUT2D eigenvalue weighted by molar-refractivity contribution is 0.509. The summed E-state index contributed by atoms with van der Waals surface area (Å²) >= 11 is 0. The number of nitrogens with zero attached hydrogens (tertiary/aromatic N) is 3. The largest absolute Gasteiger partial charge is 0.383 e. The molecule has 2 N–H and O–H groups in total. The van der Waals surface area contributed by atoms with E-state index < -0.39 is 11.6 Å². The van der Waals surface area contributed by atoms with Crippen molar-refractivity contribution in [2.45, 2.75) is 6.92 Å². The van der Waals surface area contributed by atoms with E-state index in [0.717, 1.165) is 22.8 Å². The summed E-state index contributed by atoms with van der Waals surface area (Å²) in [4.78, 5) is 13.0. The van der Waals surface area contributed by atoms with Crippen molar-refractivity contribution in [3.8, 4) is 22.5 Å². The van der Waals surface area contributed by atoms with Gasteiger partial charge in [0.15, 0.2) is 17.5 Å². The van der Waals surface area contributed by atoms with Gasteiger partial charge in [-0.15, -0.1) is 0 Å². The molecule has 2 heterocycles. The summed E-state index contributed by atoms with van der Waals surface area (Å²) in [6.07, 6.45) is 3.34. The Labute approximate surface area is 148 Å². The minimum atomic E-state index is -0.891. The molecule has 0 radical (unpaired) electrons. The van der Waals surface area contributed by atoms with Crippen LogP contribution in [0.15, 0.2) is 54.9 Å². The van der Waals surface area contributed by atoms with Crippen LogP contribution in [-0.2, 0) is 0 Å². The summed E-state index contributed by atoms with van der Waals surface area (Å²) in [6.45, 7) is 1.86. The number of pyridine rings is 1. The molecule has 6 heteroatoms. The van der Waals surface area contributed by atoms with Gasteiger partial charge in [0, 0.05) is 23.3 Å². The molecule has 0 aliphatic carbocycles. The van der Waals surface area contributed by atoms with E-state index in [0.29, 0.717) is 28.1 Å². The first-order valence-electron chi connectivity index (χ1n) is 7.97. The Kier molecular flexibility index (Phi) is 3.80. The molecule has 4 nitrogen and oxygen atoms in total. The van der Waals surface area contributed by atoms with Gasteiger partial charge in [-0.25, -0.2) is 18.7 Å². The molecular formula is C20H14F2N4. The Morgan fingerprint density at radius 2 is 1.77 bits per heavy atom. The van der Waals surface area contributed by atoms with Crippen LogP contribution in [0.4, 0.5) is 14.6 Å². The quantitative estimate of drug-likeness (QED) is 0.578. The second-order valence-electron chi connectivity index (χ2n) is 5.94. The molecule has 0 aliphatic rings. The number of aryl methyl sites for hydroxylation is 1. The van der Waals surface area contributed by atoms with E-state index in [1.807, 2.05) is 19.1 Å². The van der Waals surface area contributed by atoms with E-state index in [9.17, 15) is 8.78 Å². The van der Waals surface area contributed by atoms with Crippen molar-refractivity contribution in [2.75, 3.05) is 5.73 Å². The predicted octanol–water partition coefficient (Wildman–Crippen LogP) is 4.53. The summed E-state index contributed by atoms with van der Waals surface area (Å²) < 4.78 is 26.8. The molecule has 0 fully saturated rings. The Balaban J connectivity index is 1.91. The van der Waals surface area contributed by atoms with E-state index in [1.54, 1.807) is 24.5 Å². The van der Waals surface area contributed by atoms with Crippen LogP contribution in [0, 0.1) is 18.6 Å². The Morgan fingerprint density at radius 1 is 0.923 bits per heavy atom. The van der Waals surface area contributed by atoms with E-state index >= 15 is 0 Å². The Bertz CT molecular complexity index is 1130. The fourth-order valence-corrected chi connectivity index (χ4v) is 3.02. The molecule has 26 heavy (non-hydrogen) atoms. The number of aromatic nitrogens is 3. The van der Waals surface area contributed by atoms with Crippen LogP contribution >= 0.6 is 0 Å². The van der Waals surface area contributed by atoms with E-state index in [4.69, 9.17) is 5.73 Å². The molecule has 0 unspecified atom stereocenters. The van der Waals surface area contributed by atoms with Crippen molar-refractivity contribution in [3.63, 3.8) is 0 Å².